The highest BCUT2D eigenvalue weighted by atomic mass is 32.2. The van der Waals surface area contributed by atoms with Gasteiger partial charge in [-0.15, -0.1) is 0 Å². The van der Waals surface area contributed by atoms with E-state index in [0.29, 0.717) is 0 Å². The maximum atomic E-state index is 10.7. The molecule has 0 aliphatic rings. The predicted octanol–water partition coefficient (Wildman–Crippen LogP) is 1.78. The lowest BCUT2D eigenvalue weighted by Gasteiger charge is -2.07. The van der Waals surface area contributed by atoms with Gasteiger partial charge < -0.3 is 0 Å². The molecule has 2 aromatic carbocycles. The first-order valence-electron chi connectivity index (χ1n) is 5.83. The van der Waals surface area contributed by atoms with E-state index in [4.69, 9.17) is 9.11 Å². The van der Waals surface area contributed by atoms with Crippen LogP contribution in [0.15, 0.2) is 48.5 Å². The predicted molar refractivity (Wildman–Crippen MR) is 82.2 cm³/mol. The van der Waals surface area contributed by atoms with Gasteiger partial charge in [-0.1, -0.05) is 24.3 Å². The molecule has 0 unspecified atom stereocenters. The molecule has 0 atom stereocenters. The van der Waals surface area contributed by atoms with E-state index in [-0.39, 0.29) is 11.4 Å². The smallest absolute Gasteiger partial charge is 0.269 e. The number of hydrogen-bond donors (Lipinski definition) is 4. The highest BCUT2D eigenvalue weighted by molar-refractivity contribution is 7.87. The van der Waals surface area contributed by atoms with Crippen molar-refractivity contribution < 1.29 is 25.9 Å². The Hall–Kier alpha value is -2.14. The van der Waals surface area contributed by atoms with Gasteiger partial charge in [0.25, 0.3) is 0 Å². The summed E-state index contributed by atoms with van der Waals surface area (Å²) in [7, 11) is -8.63. The lowest BCUT2D eigenvalue weighted by atomic mass is 10.1. The Kier molecular flexibility index (Phi) is 4.37. The molecular formula is C12H12N2O6S2. The van der Waals surface area contributed by atoms with Crippen molar-refractivity contribution in [1.82, 2.24) is 0 Å². The zero-order chi connectivity index (χ0) is 16.4. The molecule has 0 saturated carbocycles. The molecule has 8 nitrogen and oxygen atoms in total. The fraction of sp³-hybridized carbons (Fsp3) is 0. The minimum atomic E-state index is -4.32. The first-order chi connectivity index (χ1) is 10.1. The quantitative estimate of drug-likeness (QED) is 0.611. The largest absolute Gasteiger partial charge is 0.357 e. The number of anilines is 2. The van der Waals surface area contributed by atoms with Gasteiger partial charge in [0, 0.05) is 0 Å². The third-order valence-corrected chi connectivity index (χ3v) is 3.58. The van der Waals surface area contributed by atoms with Gasteiger partial charge >= 0.3 is 20.6 Å². The summed E-state index contributed by atoms with van der Waals surface area (Å²) in [6.07, 6.45) is 0. The summed E-state index contributed by atoms with van der Waals surface area (Å²) >= 11 is 0. The van der Waals surface area contributed by atoms with Crippen molar-refractivity contribution in [2.24, 2.45) is 0 Å². The highest BCUT2D eigenvalue weighted by Crippen LogP contribution is 2.23. The molecule has 0 radical (unpaired) electrons. The van der Waals surface area contributed by atoms with Crippen LogP contribution in [0, 0.1) is 0 Å². The molecule has 10 heteroatoms. The van der Waals surface area contributed by atoms with Gasteiger partial charge in [-0.2, -0.15) is 16.8 Å². The van der Waals surface area contributed by atoms with Crippen LogP contribution in [0.2, 0.25) is 0 Å². The first kappa shape index (κ1) is 16.2. The molecule has 2 aromatic rings. The van der Waals surface area contributed by atoms with E-state index in [0.717, 1.165) is 11.1 Å². The van der Waals surface area contributed by atoms with Gasteiger partial charge in [0.2, 0.25) is 0 Å². The van der Waals surface area contributed by atoms with Crippen molar-refractivity contribution >= 4 is 32.0 Å². The molecule has 0 aliphatic carbocycles. The molecule has 0 fully saturated rings. The fourth-order valence-electron chi connectivity index (χ4n) is 1.76. The van der Waals surface area contributed by atoms with Crippen molar-refractivity contribution in [1.29, 1.82) is 0 Å². The Balaban J connectivity index is 2.18. The normalized spacial score (nSPS) is 11.9. The molecule has 0 saturated heterocycles. The maximum absolute atomic E-state index is 10.7. The van der Waals surface area contributed by atoms with Crippen LogP contribution in [0.5, 0.6) is 0 Å². The van der Waals surface area contributed by atoms with Gasteiger partial charge in [-0.3, -0.25) is 18.5 Å². The number of hydrogen-bond acceptors (Lipinski definition) is 4. The monoisotopic (exact) mass is 344 g/mol. The Morgan fingerprint density at radius 3 is 1.09 bits per heavy atom. The summed E-state index contributed by atoms with van der Waals surface area (Å²) in [4.78, 5) is 0. The van der Waals surface area contributed by atoms with Crippen LogP contribution >= 0.6 is 0 Å². The Morgan fingerprint density at radius 2 is 0.864 bits per heavy atom. The van der Waals surface area contributed by atoms with E-state index in [1.54, 1.807) is 24.3 Å². The number of benzene rings is 2. The van der Waals surface area contributed by atoms with Crippen LogP contribution in [0.25, 0.3) is 11.1 Å². The molecule has 0 amide bonds. The zero-order valence-corrected chi connectivity index (χ0v) is 12.6. The van der Waals surface area contributed by atoms with Crippen LogP contribution in [0.1, 0.15) is 0 Å². The van der Waals surface area contributed by atoms with Crippen LogP contribution in [0.4, 0.5) is 11.4 Å². The second-order valence-electron chi connectivity index (χ2n) is 4.31. The van der Waals surface area contributed by atoms with E-state index < -0.39 is 20.6 Å². The molecule has 0 aromatic heterocycles. The molecule has 4 N–H and O–H groups in total. The van der Waals surface area contributed by atoms with Gasteiger partial charge in [0.15, 0.2) is 0 Å². The minimum absolute atomic E-state index is 0.205. The second kappa shape index (κ2) is 5.93. The van der Waals surface area contributed by atoms with Gasteiger partial charge in [-0.05, 0) is 35.4 Å². The molecule has 0 spiro atoms. The zero-order valence-electron chi connectivity index (χ0n) is 11.0. The van der Waals surface area contributed by atoms with Crippen LogP contribution in [-0.4, -0.2) is 25.9 Å². The van der Waals surface area contributed by atoms with Crippen molar-refractivity contribution in [3.8, 4) is 11.1 Å². The lowest BCUT2D eigenvalue weighted by molar-refractivity contribution is 0.487. The molecule has 0 aliphatic heterocycles. The Morgan fingerprint density at radius 1 is 0.591 bits per heavy atom. The summed E-state index contributed by atoms with van der Waals surface area (Å²) in [6, 6.07) is 12.4. The molecule has 0 bridgehead atoms. The molecule has 0 heterocycles. The first-order valence-corrected chi connectivity index (χ1v) is 8.71. The fourth-order valence-corrected chi connectivity index (χ4v) is 2.63. The van der Waals surface area contributed by atoms with Crippen molar-refractivity contribution in [3.63, 3.8) is 0 Å². The third kappa shape index (κ3) is 5.00. The summed E-state index contributed by atoms with van der Waals surface area (Å²) in [5.74, 6) is 0. The van der Waals surface area contributed by atoms with Crippen molar-refractivity contribution in [3.05, 3.63) is 48.5 Å². The number of nitrogens with one attached hydrogen (secondary N) is 2. The van der Waals surface area contributed by atoms with Crippen molar-refractivity contribution in [2.45, 2.75) is 0 Å². The average molecular weight is 344 g/mol. The summed E-state index contributed by atoms with van der Waals surface area (Å²) < 4.78 is 63.9. The topological polar surface area (TPSA) is 133 Å². The second-order valence-corrected chi connectivity index (χ2v) is 6.62. The SMILES string of the molecule is O=S(=O)(O)Nc1ccc(-c2ccc(NS(=O)(=O)O)cc2)cc1. The van der Waals surface area contributed by atoms with E-state index >= 15 is 0 Å². The minimum Gasteiger partial charge on any atom is -0.269 e. The molecule has 118 valence electrons. The van der Waals surface area contributed by atoms with E-state index in [9.17, 15) is 16.8 Å². The van der Waals surface area contributed by atoms with Crippen molar-refractivity contribution in [2.75, 3.05) is 9.44 Å². The summed E-state index contributed by atoms with van der Waals surface area (Å²) in [5.41, 5.74) is 1.91. The molecule has 22 heavy (non-hydrogen) atoms. The molecule has 2 rings (SSSR count). The van der Waals surface area contributed by atoms with Crippen LogP contribution in [-0.2, 0) is 20.6 Å². The standard InChI is InChI=1S/C12H12N2O6S2/c15-21(16,17)13-11-5-1-9(2-6-11)10-3-7-12(8-4-10)14-22(18,19)20/h1-8,13-14H,(H,15,16,17)(H,18,19,20). The highest BCUT2D eigenvalue weighted by Gasteiger charge is 2.06. The van der Waals surface area contributed by atoms with Gasteiger partial charge in [0.05, 0.1) is 11.4 Å². The average Bonchev–Trinajstić information content (AvgIpc) is 2.37. The van der Waals surface area contributed by atoms with E-state index in [1.165, 1.54) is 24.3 Å². The van der Waals surface area contributed by atoms with Crippen LogP contribution < -0.4 is 9.44 Å². The van der Waals surface area contributed by atoms with Crippen LogP contribution in [0.3, 0.4) is 0 Å². The Labute approximate surface area is 127 Å². The third-order valence-electron chi connectivity index (χ3n) is 2.60. The summed E-state index contributed by atoms with van der Waals surface area (Å²) in [5, 5.41) is 0. The Bertz CT molecular complexity index is 783. The van der Waals surface area contributed by atoms with Gasteiger partial charge in [0.1, 0.15) is 0 Å². The number of rotatable bonds is 5. The summed E-state index contributed by atoms with van der Waals surface area (Å²) in [6.45, 7) is 0. The van der Waals surface area contributed by atoms with E-state index in [1.807, 2.05) is 9.44 Å². The lowest BCUT2D eigenvalue weighted by Crippen LogP contribution is -2.10. The maximum Gasteiger partial charge on any atom is 0.357 e. The van der Waals surface area contributed by atoms with Gasteiger partial charge in [-0.25, -0.2) is 0 Å². The van der Waals surface area contributed by atoms with E-state index in [2.05, 4.69) is 0 Å². The molecular weight excluding hydrogens is 332 g/mol.